The Labute approximate surface area is 117 Å². The number of halogens is 1. The quantitative estimate of drug-likeness (QED) is 0.918. The SMILES string of the molecule is CNCc1ccc(Sc2ccc(Cl)cn2)cc1C. The lowest BCUT2D eigenvalue weighted by Gasteiger charge is -2.07. The van der Waals surface area contributed by atoms with Gasteiger partial charge in [-0.15, -0.1) is 0 Å². The van der Waals surface area contributed by atoms with Gasteiger partial charge in [-0.2, -0.15) is 0 Å². The molecule has 1 aromatic heterocycles. The summed E-state index contributed by atoms with van der Waals surface area (Å²) in [4.78, 5) is 5.48. The minimum absolute atomic E-state index is 0.667. The maximum Gasteiger partial charge on any atom is 0.101 e. The van der Waals surface area contributed by atoms with E-state index in [9.17, 15) is 0 Å². The molecule has 2 rings (SSSR count). The number of aryl methyl sites for hydroxylation is 1. The van der Waals surface area contributed by atoms with Crippen LogP contribution < -0.4 is 5.32 Å². The van der Waals surface area contributed by atoms with E-state index >= 15 is 0 Å². The zero-order valence-corrected chi connectivity index (χ0v) is 12.0. The van der Waals surface area contributed by atoms with Crippen LogP contribution in [-0.2, 0) is 6.54 Å². The molecule has 4 heteroatoms. The first-order valence-corrected chi connectivity index (χ1v) is 6.92. The third-order valence-corrected chi connectivity index (χ3v) is 3.77. The van der Waals surface area contributed by atoms with Crippen molar-refractivity contribution in [2.45, 2.75) is 23.4 Å². The van der Waals surface area contributed by atoms with Crippen molar-refractivity contribution in [1.29, 1.82) is 0 Å². The number of hydrogen-bond acceptors (Lipinski definition) is 3. The number of aromatic nitrogens is 1. The van der Waals surface area contributed by atoms with Crippen LogP contribution in [0.4, 0.5) is 0 Å². The smallest absolute Gasteiger partial charge is 0.101 e. The third kappa shape index (κ3) is 3.48. The summed E-state index contributed by atoms with van der Waals surface area (Å²) in [7, 11) is 1.96. The molecule has 0 saturated heterocycles. The van der Waals surface area contributed by atoms with Gasteiger partial charge in [0.1, 0.15) is 5.03 Å². The number of hydrogen-bond donors (Lipinski definition) is 1. The van der Waals surface area contributed by atoms with Gasteiger partial charge in [-0.3, -0.25) is 0 Å². The van der Waals surface area contributed by atoms with E-state index in [1.807, 2.05) is 19.2 Å². The van der Waals surface area contributed by atoms with E-state index in [0.29, 0.717) is 5.02 Å². The van der Waals surface area contributed by atoms with Crippen LogP contribution in [0.15, 0.2) is 46.5 Å². The number of rotatable bonds is 4. The molecule has 0 saturated carbocycles. The summed E-state index contributed by atoms with van der Waals surface area (Å²) in [6, 6.07) is 10.3. The zero-order valence-electron chi connectivity index (χ0n) is 10.4. The molecule has 0 aliphatic carbocycles. The molecule has 0 spiro atoms. The fourth-order valence-corrected chi connectivity index (χ4v) is 2.63. The number of nitrogens with one attached hydrogen (secondary N) is 1. The lowest BCUT2D eigenvalue weighted by molar-refractivity contribution is 0.811. The molecule has 0 amide bonds. The minimum Gasteiger partial charge on any atom is -0.316 e. The van der Waals surface area contributed by atoms with Gasteiger partial charge in [0.05, 0.1) is 5.02 Å². The molecule has 2 aromatic rings. The fourth-order valence-electron chi connectivity index (χ4n) is 1.66. The van der Waals surface area contributed by atoms with Gasteiger partial charge in [0.15, 0.2) is 0 Å². The van der Waals surface area contributed by atoms with Crippen LogP contribution in [0.3, 0.4) is 0 Å². The Morgan fingerprint density at radius 2 is 2.11 bits per heavy atom. The van der Waals surface area contributed by atoms with Crippen molar-refractivity contribution >= 4 is 23.4 Å². The van der Waals surface area contributed by atoms with E-state index in [-0.39, 0.29) is 0 Å². The highest BCUT2D eigenvalue weighted by Crippen LogP contribution is 2.28. The summed E-state index contributed by atoms with van der Waals surface area (Å²) < 4.78 is 0. The molecular weight excluding hydrogens is 264 g/mol. The summed E-state index contributed by atoms with van der Waals surface area (Å²) in [6.45, 7) is 3.03. The highest BCUT2D eigenvalue weighted by Gasteiger charge is 2.02. The molecule has 0 radical (unpaired) electrons. The van der Waals surface area contributed by atoms with Crippen molar-refractivity contribution < 1.29 is 0 Å². The molecule has 0 atom stereocenters. The average molecular weight is 279 g/mol. The van der Waals surface area contributed by atoms with E-state index in [0.717, 1.165) is 11.6 Å². The fraction of sp³-hybridized carbons (Fsp3) is 0.214. The Morgan fingerprint density at radius 3 is 2.72 bits per heavy atom. The van der Waals surface area contributed by atoms with Crippen LogP contribution >= 0.6 is 23.4 Å². The molecule has 0 aliphatic rings. The molecule has 0 unspecified atom stereocenters. The van der Waals surface area contributed by atoms with E-state index in [2.05, 4.69) is 35.4 Å². The van der Waals surface area contributed by atoms with Gasteiger partial charge < -0.3 is 5.32 Å². The van der Waals surface area contributed by atoms with Gasteiger partial charge in [0.2, 0.25) is 0 Å². The molecule has 1 heterocycles. The van der Waals surface area contributed by atoms with Crippen molar-refractivity contribution in [3.8, 4) is 0 Å². The maximum atomic E-state index is 5.82. The summed E-state index contributed by atoms with van der Waals surface area (Å²) in [6.07, 6.45) is 1.67. The van der Waals surface area contributed by atoms with E-state index in [1.54, 1.807) is 18.0 Å². The highest BCUT2D eigenvalue weighted by molar-refractivity contribution is 7.99. The summed E-state index contributed by atoms with van der Waals surface area (Å²) >= 11 is 7.46. The van der Waals surface area contributed by atoms with Gasteiger partial charge in [0.25, 0.3) is 0 Å². The monoisotopic (exact) mass is 278 g/mol. The molecule has 0 aliphatic heterocycles. The van der Waals surface area contributed by atoms with E-state index in [1.165, 1.54) is 16.0 Å². The van der Waals surface area contributed by atoms with Crippen molar-refractivity contribution in [3.05, 3.63) is 52.7 Å². The van der Waals surface area contributed by atoms with Crippen molar-refractivity contribution in [1.82, 2.24) is 10.3 Å². The highest BCUT2D eigenvalue weighted by atomic mass is 35.5. The van der Waals surface area contributed by atoms with Crippen molar-refractivity contribution in [3.63, 3.8) is 0 Å². The second-order valence-electron chi connectivity index (χ2n) is 4.04. The Hall–Kier alpha value is -1.03. The third-order valence-electron chi connectivity index (χ3n) is 2.60. The van der Waals surface area contributed by atoms with Crippen LogP contribution in [-0.4, -0.2) is 12.0 Å². The molecular formula is C14H15ClN2S. The maximum absolute atomic E-state index is 5.82. The molecule has 0 bridgehead atoms. The first kappa shape index (κ1) is 13.4. The molecule has 2 nitrogen and oxygen atoms in total. The first-order valence-electron chi connectivity index (χ1n) is 5.72. The Morgan fingerprint density at radius 1 is 1.28 bits per heavy atom. The van der Waals surface area contributed by atoms with Gasteiger partial charge in [0, 0.05) is 17.6 Å². The molecule has 18 heavy (non-hydrogen) atoms. The van der Waals surface area contributed by atoms with E-state index in [4.69, 9.17) is 11.6 Å². The molecule has 1 N–H and O–H groups in total. The summed E-state index contributed by atoms with van der Waals surface area (Å²) in [5, 5.41) is 4.79. The van der Waals surface area contributed by atoms with Crippen LogP contribution in [0.2, 0.25) is 5.02 Å². The van der Waals surface area contributed by atoms with Crippen molar-refractivity contribution in [2.24, 2.45) is 0 Å². The molecule has 94 valence electrons. The van der Waals surface area contributed by atoms with Gasteiger partial charge >= 0.3 is 0 Å². The predicted molar refractivity (Wildman–Crippen MR) is 77.3 cm³/mol. The first-order chi connectivity index (χ1) is 8.69. The Bertz CT molecular complexity index is 526. The Kier molecular flexibility index (Phi) is 4.64. The van der Waals surface area contributed by atoms with Gasteiger partial charge in [-0.05, 0) is 49.4 Å². The predicted octanol–water partition coefficient (Wildman–Crippen LogP) is 3.91. The van der Waals surface area contributed by atoms with Crippen LogP contribution in [0.25, 0.3) is 0 Å². The zero-order chi connectivity index (χ0) is 13.0. The largest absolute Gasteiger partial charge is 0.316 e. The number of nitrogens with zero attached hydrogens (tertiary/aromatic N) is 1. The topological polar surface area (TPSA) is 24.9 Å². The van der Waals surface area contributed by atoms with Gasteiger partial charge in [-0.25, -0.2) is 4.98 Å². The van der Waals surface area contributed by atoms with Crippen LogP contribution in [0.1, 0.15) is 11.1 Å². The van der Waals surface area contributed by atoms with Crippen LogP contribution in [0.5, 0.6) is 0 Å². The normalized spacial score (nSPS) is 10.6. The second kappa shape index (κ2) is 6.23. The minimum atomic E-state index is 0.667. The van der Waals surface area contributed by atoms with Crippen LogP contribution in [0, 0.1) is 6.92 Å². The van der Waals surface area contributed by atoms with Crippen molar-refractivity contribution in [2.75, 3.05) is 7.05 Å². The Balaban J connectivity index is 2.14. The molecule has 1 aromatic carbocycles. The van der Waals surface area contributed by atoms with Gasteiger partial charge in [-0.1, -0.05) is 29.4 Å². The lowest BCUT2D eigenvalue weighted by Crippen LogP contribution is -2.06. The standard InChI is InChI=1S/C14H15ClN2S/c1-10-7-13(5-3-11(10)8-16-2)18-14-6-4-12(15)9-17-14/h3-7,9,16H,8H2,1-2H3. The van der Waals surface area contributed by atoms with E-state index < -0.39 is 0 Å². The summed E-state index contributed by atoms with van der Waals surface area (Å²) in [5.74, 6) is 0. The molecule has 0 fully saturated rings. The number of benzene rings is 1. The summed E-state index contributed by atoms with van der Waals surface area (Å²) in [5.41, 5.74) is 2.62. The lowest BCUT2D eigenvalue weighted by atomic mass is 10.1. The second-order valence-corrected chi connectivity index (χ2v) is 5.57. The number of pyridine rings is 1. The average Bonchev–Trinajstić information content (AvgIpc) is 2.36.